The van der Waals surface area contributed by atoms with Gasteiger partial charge in [0.1, 0.15) is 11.6 Å². The number of aromatic hydroxyl groups is 1. The molecule has 2 N–H and O–H groups in total. The number of aliphatic hydroxyl groups excluding tert-OH is 1. The van der Waals surface area contributed by atoms with E-state index >= 15 is 0 Å². The minimum Gasteiger partial charge on any atom is -0.508 e. The summed E-state index contributed by atoms with van der Waals surface area (Å²) in [4.78, 5) is 39.6. The Morgan fingerprint density at radius 3 is 2.61 bits per heavy atom. The Hall–Kier alpha value is -3.17. The van der Waals surface area contributed by atoms with Crippen LogP contribution in [-0.4, -0.2) is 57.2 Å². The molecule has 1 unspecified atom stereocenters. The topological polar surface area (TPSA) is 98.2 Å². The van der Waals surface area contributed by atoms with Crippen LogP contribution in [0.3, 0.4) is 0 Å². The first-order chi connectivity index (χ1) is 14.7. The lowest BCUT2D eigenvalue weighted by Crippen LogP contribution is -2.36. The van der Waals surface area contributed by atoms with Crippen molar-refractivity contribution in [2.45, 2.75) is 12.5 Å². The Kier molecular flexibility index (Phi) is 7.09. The number of phenolic OH excluding ortho intramolecular Hbond substituents is 1. The molecule has 0 bridgehead atoms. The minimum absolute atomic E-state index is 0.0188. The van der Waals surface area contributed by atoms with Crippen LogP contribution in [0, 0.1) is 5.82 Å². The third-order valence-corrected chi connectivity index (χ3v) is 5.63. The molecule has 2 aromatic rings. The Morgan fingerprint density at radius 1 is 1.23 bits per heavy atom. The first kappa shape index (κ1) is 22.5. The second kappa shape index (κ2) is 9.76. The number of amides is 3. The molecule has 1 aliphatic heterocycles. The molecule has 9 heteroatoms. The van der Waals surface area contributed by atoms with Crippen molar-refractivity contribution in [3.8, 4) is 5.75 Å². The van der Waals surface area contributed by atoms with Gasteiger partial charge >= 0.3 is 0 Å². The second-order valence-electron chi connectivity index (χ2n) is 7.02. The lowest BCUT2D eigenvalue weighted by atomic mass is 10.1. The molecule has 0 radical (unpaired) electrons. The molecule has 1 heterocycles. The van der Waals surface area contributed by atoms with Crippen LogP contribution in [0.4, 0.5) is 9.18 Å². The maximum absolute atomic E-state index is 13.3. The zero-order valence-electron chi connectivity index (χ0n) is 16.7. The van der Waals surface area contributed by atoms with Crippen molar-refractivity contribution in [2.24, 2.45) is 0 Å². The molecular formula is C22H21FN2O5S. The highest BCUT2D eigenvalue weighted by Crippen LogP contribution is 2.32. The van der Waals surface area contributed by atoms with E-state index in [1.807, 2.05) is 0 Å². The van der Waals surface area contributed by atoms with Gasteiger partial charge in [0.15, 0.2) is 0 Å². The van der Waals surface area contributed by atoms with Crippen LogP contribution >= 0.6 is 11.8 Å². The Balaban J connectivity index is 1.56. The quantitative estimate of drug-likeness (QED) is 0.637. The van der Waals surface area contributed by atoms with Crippen molar-refractivity contribution >= 4 is 34.9 Å². The number of nitrogens with zero attached hydrogens (tertiary/aromatic N) is 2. The molecule has 1 saturated heterocycles. The number of aliphatic hydroxyl groups is 1. The maximum Gasteiger partial charge on any atom is 0.293 e. The maximum atomic E-state index is 13.3. The number of hydrogen-bond acceptors (Lipinski definition) is 6. The van der Waals surface area contributed by atoms with Crippen molar-refractivity contribution in [2.75, 3.05) is 20.1 Å². The van der Waals surface area contributed by atoms with Crippen molar-refractivity contribution < 1.29 is 29.0 Å². The second-order valence-corrected chi connectivity index (χ2v) is 8.01. The third-order valence-electron chi connectivity index (χ3n) is 4.72. The first-order valence-electron chi connectivity index (χ1n) is 9.46. The van der Waals surface area contributed by atoms with Gasteiger partial charge < -0.3 is 15.1 Å². The molecule has 1 aliphatic rings. The molecule has 31 heavy (non-hydrogen) atoms. The van der Waals surface area contributed by atoms with E-state index in [2.05, 4.69) is 0 Å². The van der Waals surface area contributed by atoms with Crippen LogP contribution in [0.5, 0.6) is 5.75 Å². The number of carbonyl (C=O) groups excluding carboxylic acids is 3. The Bertz CT molecular complexity index is 1020. The predicted octanol–water partition coefficient (Wildman–Crippen LogP) is 3.15. The van der Waals surface area contributed by atoms with Crippen molar-refractivity contribution in [1.29, 1.82) is 0 Å². The number of likely N-dealkylation sites (N-methyl/N-ethyl adjacent to an activating group) is 1. The molecule has 0 aromatic heterocycles. The van der Waals surface area contributed by atoms with Crippen molar-refractivity contribution in [1.82, 2.24) is 9.80 Å². The zero-order valence-corrected chi connectivity index (χ0v) is 17.5. The fourth-order valence-electron chi connectivity index (χ4n) is 3.00. The van der Waals surface area contributed by atoms with Crippen LogP contribution in [-0.2, 0) is 9.59 Å². The fraction of sp³-hybridized carbons (Fsp3) is 0.227. The van der Waals surface area contributed by atoms with Gasteiger partial charge in [-0.3, -0.25) is 19.3 Å². The zero-order chi connectivity index (χ0) is 22.5. The number of thioether (sulfide) groups is 1. The Labute approximate surface area is 182 Å². The van der Waals surface area contributed by atoms with E-state index in [0.29, 0.717) is 11.1 Å². The minimum atomic E-state index is -0.944. The van der Waals surface area contributed by atoms with Gasteiger partial charge in [-0.2, -0.15) is 0 Å². The number of benzene rings is 2. The number of halogens is 1. The highest BCUT2D eigenvalue weighted by molar-refractivity contribution is 8.18. The molecule has 0 saturated carbocycles. The number of phenols is 1. The van der Waals surface area contributed by atoms with Gasteiger partial charge in [-0.05, 0) is 53.2 Å². The lowest BCUT2D eigenvalue weighted by molar-refractivity contribution is -0.131. The van der Waals surface area contributed by atoms with E-state index in [9.17, 15) is 29.0 Å². The summed E-state index contributed by atoms with van der Waals surface area (Å²) in [6.07, 6.45) is 0.404. The van der Waals surface area contributed by atoms with Crippen LogP contribution in [0.2, 0.25) is 0 Å². The summed E-state index contributed by atoms with van der Waals surface area (Å²) in [5.74, 6) is -1.25. The van der Waals surface area contributed by atoms with Gasteiger partial charge in [-0.15, -0.1) is 0 Å². The number of imide groups is 1. The van der Waals surface area contributed by atoms with Crippen molar-refractivity contribution in [3.05, 3.63) is 70.4 Å². The summed E-state index contributed by atoms with van der Waals surface area (Å²) >= 11 is 0.742. The summed E-state index contributed by atoms with van der Waals surface area (Å²) in [6.45, 7) is -0.0748. The monoisotopic (exact) mass is 444 g/mol. The van der Waals surface area contributed by atoms with E-state index in [1.165, 1.54) is 48.4 Å². The van der Waals surface area contributed by atoms with E-state index in [4.69, 9.17) is 0 Å². The summed E-state index contributed by atoms with van der Waals surface area (Å²) in [5, 5.41) is 19.1. The first-order valence-corrected chi connectivity index (χ1v) is 10.3. The van der Waals surface area contributed by atoms with Gasteiger partial charge in [0.2, 0.25) is 5.91 Å². The average Bonchev–Trinajstić information content (AvgIpc) is 2.99. The third kappa shape index (κ3) is 5.71. The van der Waals surface area contributed by atoms with Gasteiger partial charge in [0.05, 0.1) is 17.6 Å². The molecule has 0 aliphatic carbocycles. The van der Waals surface area contributed by atoms with Gasteiger partial charge in [-0.25, -0.2) is 4.39 Å². The molecule has 0 spiro atoms. The summed E-state index contributed by atoms with van der Waals surface area (Å²) < 4.78 is 13.3. The van der Waals surface area contributed by atoms with Crippen LogP contribution < -0.4 is 0 Å². The highest BCUT2D eigenvalue weighted by Gasteiger charge is 2.35. The highest BCUT2D eigenvalue weighted by atomic mass is 32.2. The molecule has 2 aromatic carbocycles. The molecule has 1 atom stereocenters. The lowest BCUT2D eigenvalue weighted by Gasteiger charge is -2.22. The van der Waals surface area contributed by atoms with Gasteiger partial charge in [0, 0.05) is 20.0 Å². The van der Waals surface area contributed by atoms with Gasteiger partial charge in [0.25, 0.3) is 11.1 Å². The summed E-state index contributed by atoms with van der Waals surface area (Å²) in [5.41, 5.74) is 1.01. The molecular weight excluding hydrogens is 423 g/mol. The largest absolute Gasteiger partial charge is 0.508 e. The van der Waals surface area contributed by atoms with E-state index in [1.54, 1.807) is 18.2 Å². The van der Waals surface area contributed by atoms with Crippen molar-refractivity contribution in [3.63, 3.8) is 0 Å². The summed E-state index contributed by atoms with van der Waals surface area (Å²) in [6, 6.07) is 11.7. The van der Waals surface area contributed by atoms with Crippen LogP contribution in [0.15, 0.2) is 53.4 Å². The molecule has 3 amide bonds. The molecule has 1 fully saturated rings. The molecule has 7 nitrogen and oxygen atoms in total. The van der Waals surface area contributed by atoms with E-state index < -0.39 is 23.1 Å². The number of carbonyl (C=O) groups is 3. The summed E-state index contributed by atoms with van der Waals surface area (Å²) in [7, 11) is 1.52. The SMILES string of the molecule is CN(CC(O)c1ccc(O)cc1)C(=O)CCN1C(=O)SC(=Cc2cccc(F)c2)C1=O. The number of hydrogen-bond donors (Lipinski definition) is 2. The van der Waals surface area contributed by atoms with Crippen LogP contribution in [0.25, 0.3) is 6.08 Å². The molecule has 3 rings (SSSR count). The Morgan fingerprint density at radius 2 is 1.94 bits per heavy atom. The normalized spacial score (nSPS) is 16.1. The van der Waals surface area contributed by atoms with Gasteiger partial charge in [-0.1, -0.05) is 24.3 Å². The smallest absolute Gasteiger partial charge is 0.293 e. The van der Waals surface area contributed by atoms with E-state index in [0.717, 1.165) is 16.7 Å². The average molecular weight is 444 g/mol. The molecule has 162 valence electrons. The van der Waals surface area contributed by atoms with Crippen LogP contribution in [0.1, 0.15) is 23.7 Å². The predicted molar refractivity (Wildman–Crippen MR) is 114 cm³/mol. The fourth-order valence-corrected chi connectivity index (χ4v) is 3.87. The standard InChI is InChI=1S/C22H21FN2O5S/c1-24(13-18(27)15-5-7-17(26)8-6-15)20(28)9-10-25-21(29)19(31-22(25)30)12-14-3-2-4-16(23)11-14/h2-8,11-12,18,26-27H,9-10,13H2,1H3. The number of rotatable bonds is 7. The van der Waals surface area contributed by atoms with E-state index in [-0.39, 0.29) is 36.1 Å².